The van der Waals surface area contributed by atoms with Gasteiger partial charge in [-0.25, -0.2) is 0 Å². The summed E-state index contributed by atoms with van der Waals surface area (Å²) in [6.45, 7) is 4.63. The second-order valence-electron chi connectivity index (χ2n) is 6.62. The predicted molar refractivity (Wildman–Crippen MR) is 89.9 cm³/mol. The van der Waals surface area contributed by atoms with Crippen LogP contribution in [0.25, 0.3) is 11.1 Å². The zero-order valence-corrected chi connectivity index (χ0v) is 13.1. The highest BCUT2D eigenvalue weighted by Crippen LogP contribution is 2.66. The van der Waals surface area contributed by atoms with Crippen molar-refractivity contribution in [1.29, 1.82) is 0 Å². The van der Waals surface area contributed by atoms with Crippen LogP contribution in [0.2, 0.25) is 0 Å². The van der Waals surface area contributed by atoms with Crippen LogP contribution in [0.3, 0.4) is 0 Å². The van der Waals surface area contributed by atoms with E-state index in [4.69, 9.17) is 0 Å². The van der Waals surface area contributed by atoms with Crippen molar-refractivity contribution in [2.24, 2.45) is 11.3 Å². The molecular formula is C20H20N2. The highest BCUT2D eigenvalue weighted by Gasteiger charge is 2.56. The summed E-state index contributed by atoms with van der Waals surface area (Å²) in [5.74, 6) is 0.568. The second kappa shape index (κ2) is 4.91. The molecule has 0 bridgehead atoms. The summed E-state index contributed by atoms with van der Waals surface area (Å²) in [6, 6.07) is 12.4. The van der Waals surface area contributed by atoms with Gasteiger partial charge in [0.15, 0.2) is 0 Å². The lowest BCUT2D eigenvalue weighted by Gasteiger charge is -2.16. The molecule has 0 amide bonds. The van der Waals surface area contributed by atoms with Crippen LogP contribution in [-0.4, -0.2) is 9.97 Å². The number of hydrogen-bond donors (Lipinski definition) is 0. The first kappa shape index (κ1) is 13.4. The van der Waals surface area contributed by atoms with Crippen LogP contribution in [0, 0.1) is 11.3 Å². The van der Waals surface area contributed by atoms with Gasteiger partial charge in [0.25, 0.3) is 0 Å². The van der Waals surface area contributed by atoms with Gasteiger partial charge in [0.2, 0.25) is 0 Å². The molecule has 2 aliphatic carbocycles. The van der Waals surface area contributed by atoms with E-state index in [0.717, 1.165) is 17.8 Å². The number of pyridine rings is 2. The Bertz CT molecular complexity index is 759. The summed E-state index contributed by atoms with van der Waals surface area (Å²) >= 11 is 0. The molecule has 0 N–H and O–H groups in total. The SMILES string of the molecule is CC1=C(c2ccccn2)C2CC2(C)C(c2ccccn2)=CC1. The molecule has 2 aromatic heterocycles. The minimum Gasteiger partial charge on any atom is -0.257 e. The first-order valence-corrected chi connectivity index (χ1v) is 7.93. The molecule has 2 aliphatic rings. The fourth-order valence-corrected chi connectivity index (χ4v) is 3.82. The normalized spacial score (nSPS) is 27.0. The summed E-state index contributed by atoms with van der Waals surface area (Å²) in [4.78, 5) is 9.19. The Hall–Kier alpha value is -2.22. The maximum atomic E-state index is 4.60. The first-order valence-electron chi connectivity index (χ1n) is 7.93. The van der Waals surface area contributed by atoms with Crippen molar-refractivity contribution in [3.05, 3.63) is 71.8 Å². The third-order valence-electron chi connectivity index (χ3n) is 5.15. The van der Waals surface area contributed by atoms with E-state index in [1.54, 1.807) is 0 Å². The van der Waals surface area contributed by atoms with Crippen LogP contribution in [-0.2, 0) is 0 Å². The third kappa shape index (κ3) is 2.02. The van der Waals surface area contributed by atoms with Gasteiger partial charge in [-0.3, -0.25) is 9.97 Å². The van der Waals surface area contributed by atoms with E-state index < -0.39 is 0 Å². The van der Waals surface area contributed by atoms with Gasteiger partial charge in [-0.1, -0.05) is 30.7 Å². The average molecular weight is 288 g/mol. The van der Waals surface area contributed by atoms with Crippen molar-refractivity contribution in [2.75, 3.05) is 0 Å². The summed E-state index contributed by atoms with van der Waals surface area (Å²) in [6.07, 6.45) is 8.35. The Morgan fingerprint density at radius 3 is 2.32 bits per heavy atom. The largest absolute Gasteiger partial charge is 0.257 e. The fourth-order valence-electron chi connectivity index (χ4n) is 3.82. The van der Waals surface area contributed by atoms with Gasteiger partial charge in [-0.2, -0.15) is 0 Å². The Labute approximate surface area is 131 Å². The molecule has 2 unspecified atom stereocenters. The van der Waals surface area contributed by atoms with Crippen molar-refractivity contribution in [3.63, 3.8) is 0 Å². The van der Waals surface area contributed by atoms with Gasteiger partial charge in [0.05, 0.1) is 11.4 Å². The molecule has 4 rings (SSSR count). The molecule has 0 aliphatic heterocycles. The van der Waals surface area contributed by atoms with Gasteiger partial charge in [0, 0.05) is 17.8 Å². The predicted octanol–water partition coefficient (Wildman–Crippen LogP) is 4.76. The molecule has 2 aromatic rings. The maximum Gasteiger partial charge on any atom is 0.0664 e. The van der Waals surface area contributed by atoms with E-state index in [1.807, 2.05) is 24.5 Å². The Morgan fingerprint density at radius 1 is 1.00 bits per heavy atom. The zero-order valence-electron chi connectivity index (χ0n) is 13.1. The van der Waals surface area contributed by atoms with E-state index in [9.17, 15) is 0 Å². The summed E-state index contributed by atoms with van der Waals surface area (Å²) in [5.41, 5.74) is 6.78. The van der Waals surface area contributed by atoms with Gasteiger partial charge >= 0.3 is 0 Å². The van der Waals surface area contributed by atoms with Crippen molar-refractivity contribution in [3.8, 4) is 0 Å². The van der Waals surface area contributed by atoms with Crippen LogP contribution in [0.1, 0.15) is 38.1 Å². The topological polar surface area (TPSA) is 25.8 Å². The van der Waals surface area contributed by atoms with E-state index >= 15 is 0 Å². The van der Waals surface area contributed by atoms with Crippen LogP contribution >= 0.6 is 0 Å². The zero-order chi connectivity index (χ0) is 15.2. The molecule has 2 atom stereocenters. The first-order chi connectivity index (χ1) is 10.7. The molecule has 0 spiro atoms. The summed E-state index contributed by atoms with van der Waals surface area (Å²) < 4.78 is 0. The quantitative estimate of drug-likeness (QED) is 0.796. The van der Waals surface area contributed by atoms with Crippen molar-refractivity contribution in [2.45, 2.75) is 26.7 Å². The monoisotopic (exact) mass is 288 g/mol. The van der Waals surface area contributed by atoms with E-state index in [2.05, 4.69) is 54.2 Å². The summed E-state index contributed by atoms with van der Waals surface area (Å²) in [7, 11) is 0. The number of allylic oxidation sites excluding steroid dienone is 4. The lowest BCUT2D eigenvalue weighted by Crippen LogP contribution is -2.05. The smallest absolute Gasteiger partial charge is 0.0664 e. The Balaban J connectivity index is 1.76. The van der Waals surface area contributed by atoms with Gasteiger partial charge in [0.1, 0.15) is 0 Å². The van der Waals surface area contributed by atoms with Crippen molar-refractivity contribution < 1.29 is 0 Å². The van der Waals surface area contributed by atoms with Gasteiger partial charge < -0.3 is 0 Å². The van der Waals surface area contributed by atoms with Gasteiger partial charge in [-0.05, 0) is 61.1 Å². The number of fused-ring (bicyclic) bond motifs is 1. The Kier molecular flexibility index (Phi) is 3.00. The number of hydrogen-bond acceptors (Lipinski definition) is 2. The third-order valence-corrected chi connectivity index (χ3v) is 5.15. The minimum atomic E-state index is 0.207. The van der Waals surface area contributed by atoms with Crippen molar-refractivity contribution in [1.82, 2.24) is 9.97 Å². The molecule has 0 aromatic carbocycles. The molecule has 1 saturated carbocycles. The lowest BCUT2D eigenvalue weighted by atomic mass is 9.90. The van der Waals surface area contributed by atoms with Gasteiger partial charge in [-0.15, -0.1) is 0 Å². The average Bonchev–Trinajstić information content (AvgIpc) is 3.22. The molecule has 1 fully saturated rings. The molecule has 110 valence electrons. The molecule has 2 heteroatoms. The van der Waals surface area contributed by atoms with Crippen LogP contribution < -0.4 is 0 Å². The molecule has 0 saturated heterocycles. The maximum absolute atomic E-state index is 4.60. The van der Waals surface area contributed by atoms with Crippen LogP contribution in [0.5, 0.6) is 0 Å². The molecule has 2 heterocycles. The Morgan fingerprint density at radius 2 is 1.68 bits per heavy atom. The highest BCUT2D eigenvalue weighted by atomic mass is 14.7. The van der Waals surface area contributed by atoms with E-state index in [0.29, 0.717) is 5.92 Å². The number of rotatable bonds is 2. The molecular weight excluding hydrogens is 268 g/mol. The van der Waals surface area contributed by atoms with E-state index in [1.165, 1.54) is 23.1 Å². The standard InChI is InChI=1S/C20H20N2/c1-14-9-10-15(17-7-3-5-11-21-17)20(2)13-16(20)19(14)18-8-4-6-12-22-18/h3-8,10-12,16H,9,13H2,1-2H3. The van der Waals surface area contributed by atoms with E-state index in [-0.39, 0.29) is 5.41 Å². The molecule has 0 radical (unpaired) electrons. The second-order valence-corrected chi connectivity index (χ2v) is 6.62. The van der Waals surface area contributed by atoms with Crippen LogP contribution in [0.15, 0.2) is 60.4 Å². The fraction of sp³-hybridized carbons (Fsp3) is 0.300. The molecule has 2 nitrogen and oxygen atoms in total. The number of nitrogens with zero attached hydrogens (tertiary/aromatic N) is 2. The molecule has 22 heavy (non-hydrogen) atoms. The number of aromatic nitrogens is 2. The van der Waals surface area contributed by atoms with Crippen LogP contribution in [0.4, 0.5) is 0 Å². The summed E-state index contributed by atoms with van der Waals surface area (Å²) in [5, 5.41) is 0. The highest BCUT2D eigenvalue weighted by molar-refractivity contribution is 5.82. The lowest BCUT2D eigenvalue weighted by molar-refractivity contribution is 0.723. The van der Waals surface area contributed by atoms with Crippen molar-refractivity contribution >= 4 is 11.1 Å². The minimum absolute atomic E-state index is 0.207.